The molecule has 0 saturated carbocycles. The third-order valence-electron chi connectivity index (χ3n) is 3.22. The number of carboxylic acid groups (broad SMARTS) is 1. The van der Waals surface area contributed by atoms with Gasteiger partial charge in [-0.25, -0.2) is 4.79 Å². The Labute approximate surface area is 121 Å². The van der Waals surface area contributed by atoms with Crippen LogP contribution in [0.2, 0.25) is 5.02 Å². The number of rotatable bonds is 5. The lowest BCUT2D eigenvalue weighted by molar-refractivity contribution is -0.143. The zero-order chi connectivity index (χ0) is 14.5. The zero-order valence-corrected chi connectivity index (χ0v) is 11.6. The van der Waals surface area contributed by atoms with Crippen molar-refractivity contribution < 1.29 is 19.4 Å². The van der Waals surface area contributed by atoms with Gasteiger partial charge in [0.1, 0.15) is 12.1 Å². The molecule has 6 heteroatoms. The highest BCUT2D eigenvalue weighted by atomic mass is 35.5. The van der Waals surface area contributed by atoms with E-state index < -0.39 is 18.1 Å². The van der Waals surface area contributed by atoms with E-state index in [0.29, 0.717) is 23.6 Å². The van der Waals surface area contributed by atoms with E-state index in [4.69, 9.17) is 16.3 Å². The Hall–Kier alpha value is -1.59. The second kappa shape index (κ2) is 6.72. The Morgan fingerprint density at radius 2 is 2.20 bits per heavy atom. The van der Waals surface area contributed by atoms with E-state index in [9.17, 15) is 14.7 Å². The van der Waals surface area contributed by atoms with E-state index in [-0.39, 0.29) is 12.3 Å². The summed E-state index contributed by atoms with van der Waals surface area (Å²) in [5, 5.41) is 12.2. The van der Waals surface area contributed by atoms with Gasteiger partial charge in [0.25, 0.3) is 0 Å². The second-order valence-electron chi connectivity index (χ2n) is 4.70. The molecule has 108 valence electrons. The molecule has 0 bridgehead atoms. The van der Waals surface area contributed by atoms with Gasteiger partial charge in [-0.3, -0.25) is 4.79 Å². The topological polar surface area (TPSA) is 75.6 Å². The normalized spacial score (nSPS) is 19.6. The third-order valence-corrected chi connectivity index (χ3v) is 3.59. The maximum absolute atomic E-state index is 11.9. The van der Waals surface area contributed by atoms with Gasteiger partial charge in [0.15, 0.2) is 0 Å². The van der Waals surface area contributed by atoms with E-state index in [1.54, 1.807) is 24.3 Å². The van der Waals surface area contributed by atoms with Gasteiger partial charge in [-0.1, -0.05) is 29.8 Å². The molecule has 2 N–H and O–H groups in total. The minimum atomic E-state index is -1.09. The van der Waals surface area contributed by atoms with Gasteiger partial charge in [-0.2, -0.15) is 0 Å². The molecule has 0 aliphatic carbocycles. The number of carboxylic acids is 1. The molecule has 0 aromatic heterocycles. The molecule has 1 aliphatic rings. The number of aliphatic carboxylic acids is 1. The fourth-order valence-corrected chi connectivity index (χ4v) is 2.35. The number of nitrogens with one attached hydrogen (secondary N) is 1. The van der Waals surface area contributed by atoms with E-state index in [0.717, 1.165) is 6.42 Å². The van der Waals surface area contributed by atoms with E-state index in [1.165, 1.54) is 0 Å². The maximum Gasteiger partial charge on any atom is 0.326 e. The highest BCUT2D eigenvalue weighted by Gasteiger charge is 2.28. The molecule has 1 saturated heterocycles. The van der Waals surface area contributed by atoms with Gasteiger partial charge >= 0.3 is 5.97 Å². The Bertz CT molecular complexity index is 500. The Balaban J connectivity index is 2.02. The van der Waals surface area contributed by atoms with Crippen molar-refractivity contribution >= 4 is 23.5 Å². The van der Waals surface area contributed by atoms with Crippen LogP contribution in [0.25, 0.3) is 0 Å². The van der Waals surface area contributed by atoms with Gasteiger partial charge < -0.3 is 15.2 Å². The Kier molecular flexibility index (Phi) is 4.98. The van der Waals surface area contributed by atoms with Crippen molar-refractivity contribution in [1.29, 1.82) is 0 Å². The van der Waals surface area contributed by atoms with Crippen LogP contribution in [-0.4, -0.2) is 35.7 Å². The van der Waals surface area contributed by atoms with Crippen LogP contribution in [0.3, 0.4) is 0 Å². The third kappa shape index (κ3) is 3.71. The maximum atomic E-state index is 11.9. The second-order valence-corrected chi connectivity index (χ2v) is 5.10. The average molecular weight is 298 g/mol. The molecule has 0 spiro atoms. The molecular weight excluding hydrogens is 282 g/mol. The highest BCUT2D eigenvalue weighted by molar-refractivity contribution is 6.31. The van der Waals surface area contributed by atoms with Crippen LogP contribution in [0, 0.1) is 0 Å². The lowest BCUT2D eigenvalue weighted by Crippen LogP contribution is -2.46. The van der Waals surface area contributed by atoms with Crippen LogP contribution < -0.4 is 5.32 Å². The van der Waals surface area contributed by atoms with Crippen LogP contribution in [0.1, 0.15) is 18.4 Å². The van der Waals surface area contributed by atoms with Crippen molar-refractivity contribution in [3.63, 3.8) is 0 Å². The zero-order valence-electron chi connectivity index (χ0n) is 10.8. The summed E-state index contributed by atoms with van der Waals surface area (Å²) in [7, 11) is 0. The fraction of sp³-hybridized carbons (Fsp3) is 0.429. The van der Waals surface area contributed by atoms with Crippen LogP contribution in [-0.2, 0) is 20.7 Å². The summed E-state index contributed by atoms with van der Waals surface area (Å²) in [5.74, 6) is -1.46. The summed E-state index contributed by atoms with van der Waals surface area (Å²) in [6.45, 7) is 0.542. The quantitative estimate of drug-likeness (QED) is 0.866. The Morgan fingerprint density at radius 1 is 1.45 bits per heavy atom. The first kappa shape index (κ1) is 14.8. The van der Waals surface area contributed by atoms with Gasteiger partial charge in [-0.05, 0) is 24.5 Å². The first-order valence-corrected chi connectivity index (χ1v) is 6.84. The van der Waals surface area contributed by atoms with Crippen molar-refractivity contribution in [2.45, 2.75) is 31.4 Å². The molecule has 1 aliphatic heterocycles. The van der Waals surface area contributed by atoms with Crippen LogP contribution in [0.4, 0.5) is 0 Å². The molecule has 1 heterocycles. The van der Waals surface area contributed by atoms with E-state index in [1.807, 2.05) is 0 Å². The van der Waals surface area contributed by atoms with Crippen LogP contribution in [0.5, 0.6) is 0 Å². The first-order valence-electron chi connectivity index (χ1n) is 6.46. The van der Waals surface area contributed by atoms with Crippen LogP contribution >= 0.6 is 11.6 Å². The molecule has 0 unspecified atom stereocenters. The smallest absolute Gasteiger partial charge is 0.326 e. The number of carbonyl (C=O) groups is 2. The molecule has 1 amide bonds. The molecular formula is C14H16ClNO4. The average Bonchev–Trinajstić information content (AvgIpc) is 2.94. The molecule has 1 aromatic rings. The van der Waals surface area contributed by atoms with Crippen molar-refractivity contribution in [1.82, 2.24) is 5.32 Å². The number of ether oxygens (including phenoxy) is 1. The monoisotopic (exact) mass is 297 g/mol. The summed E-state index contributed by atoms with van der Waals surface area (Å²) in [4.78, 5) is 23.2. The molecule has 5 nitrogen and oxygen atoms in total. The van der Waals surface area contributed by atoms with Crippen LogP contribution in [0.15, 0.2) is 24.3 Å². The Morgan fingerprint density at radius 3 is 2.80 bits per heavy atom. The standard InChI is InChI=1S/C14H16ClNO4/c15-10-5-2-1-4-9(10)8-11(14(18)19)16-13(17)12-6-3-7-20-12/h1-2,4-5,11-12H,3,6-8H2,(H,16,17)(H,18,19)/t11-,12+/m1/s1. The van der Waals surface area contributed by atoms with Gasteiger partial charge in [-0.15, -0.1) is 0 Å². The number of hydrogen-bond acceptors (Lipinski definition) is 3. The number of halogens is 1. The number of benzene rings is 1. The van der Waals surface area contributed by atoms with Gasteiger partial charge in [0.05, 0.1) is 0 Å². The lowest BCUT2D eigenvalue weighted by Gasteiger charge is -2.17. The first-order chi connectivity index (χ1) is 9.58. The minimum Gasteiger partial charge on any atom is -0.480 e. The fourth-order valence-electron chi connectivity index (χ4n) is 2.13. The summed E-state index contributed by atoms with van der Waals surface area (Å²) in [6, 6.07) is 5.98. The molecule has 2 rings (SSSR count). The summed E-state index contributed by atoms with van der Waals surface area (Å²) < 4.78 is 5.24. The highest BCUT2D eigenvalue weighted by Crippen LogP contribution is 2.17. The molecule has 0 radical (unpaired) electrons. The van der Waals surface area contributed by atoms with Crippen molar-refractivity contribution in [2.24, 2.45) is 0 Å². The molecule has 1 fully saturated rings. The van der Waals surface area contributed by atoms with Gasteiger partial charge in [0, 0.05) is 18.1 Å². The summed E-state index contributed by atoms with van der Waals surface area (Å²) in [5.41, 5.74) is 0.689. The van der Waals surface area contributed by atoms with Crippen molar-refractivity contribution in [2.75, 3.05) is 6.61 Å². The van der Waals surface area contributed by atoms with Crippen molar-refractivity contribution in [3.05, 3.63) is 34.9 Å². The van der Waals surface area contributed by atoms with Crippen molar-refractivity contribution in [3.8, 4) is 0 Å². The molecule has 20 heavy (non-hydrogen) atoms. The van der Waals surface area contributed by atoms with E-state index in [2.05, 4.69) is 5.32 Å². The number of hydrogen-bond donors (Lipinski definition) is 2. The van der Waals surface area contributed by atoms with E-state index >= 15 is 0 Å². The predicted molar refractivity (Wildman–Crippen MR) is 73.7 cm³/mol. The number of carbonyl (C=O) groups excluding carboxylic acids is 1. The predicted octanol–water partition coefficient (Wildman–Crippen LogP) is 1.63. The van der Waals surface area contributed by atoms with Gasteiger partial charge in [0.2, 0.25) is 5.91 Å². The minimum absolute atomic E-state index is 0.146. The lowest BCUT2D eigenvalue weighted by atomic mass is 10.1. The largest absolute Gasteiger partial charge is 0.480 e. The molecule has 1 aromatic carbocycles. The number of amides is 1. The SMILES string of the molecule is O=C(N[C@H](Cc1ccccc1Cl)C(=O)O)[C@@H]1CCCO1. The summed E-state index contributed by atoms with van der Waals surface area (Å²) in [6.07, 6.45) is 1.06. The summed E-state index contributed by atoms with van der Waals surface area (Å²) >= 11 is 6.01. The molecule has 2 atom stereocenters.